The summed E-state index contributed by atoms with van der Waals surface area (Å²) < 4.78 is 27.2. The van der Waals surface area contributed by atoms with Crippen LogP contribution in [0.5, 0.6) is 17.2 Å². The van der Waals surface area contributed by atoms with Crippen molar-refractivity contribution in [2.24, 2.45) is 0 Å². The molecule has 0 spiro atoms. The maximum atomic E-state index is 12.6. The molecule has 168 valence electrons. The molecule has 4 aromatic rings. The van der Waals surface area contributed by atoms with E-state index in [9.17, 15) is 4.79 Å². The van der Waals surface area contributed by atoms with Crippen molar-refractivity contribution in [1.29, 1.82) is 0 Å². The van der Waals surface area contributed by atoms with E-state index in [1.165, 1.54) is 0 Å². The second-order valence-electron chi connectivity index (χ2n) is 6.79. The minimum absolute atomic E-state index is 0.166. The minimum Gasteiger partial charge on any atom is -0.496 e. The van der Waals surface area contributed by atoms with Gasteiger partial charge in [0.05, 0.1) is 12.7 Å². The van der Waals surface area contributed by atoms with Gasteiger partial charge in [-0.05, 0) is 36.4 Å². The molecule has 0 aliphatic rings. The Labute approximate surface area is 190 Å². The molecule has 0 unspecified atom stereocenters. The molecule has 4 rings (SSSR count). The van der Waals surface area contributed by atoms with Crippen LogP contribution >= 0.6 is 0 Å². The monoisotopic (exact) mass is 446 g/mol. The number of rotatable bonds is 10. The summed E-state index contributed by atoms with van der Waals surface area (Å²) in [5.74, 6) is 1.72. The third-order valence-corrected chi connectivity index (χ3v) is 4.60. The first-order valence-electron chi connectivity index (χ1n) is 10.3. The van der Waals surface area contributed by atoms with Crippen LogP contribution in [0.1, 0.15) is 16.2 Å². The van der Waals surface area contributed by atoms with E-state index >= 15 is 0 Å². The molecular weight excluding hydrogens is 424 g/mol. The number of benzene rings is 3. The number of nitrogens with zero attached hydrogens (tertiary/aromatic N) is 2. The first kappa shape index (κ1) is 21.9. The standard InChI is InChI=1S/C25H22N2O6/c1-29-21-13-7-5-11-19(21)24-26-23(33-27-24)17-32-25(28)20-12-6-8-14-22(20)31-16-15-30-18-9-3-2-4-10-18/h2-14H,15-17H2,1H3. The summed E-state index contributed by atoms with van der Waals surface area (Å²) in [4.78, 5) is 16.9. The SMILES string of the molecule is COc1ccccc1-c1noc(COC(=O)c2ccccc2OCCOc2ccccc2)n1. The van der Waals surface area contributed by atoms with Gasteiger partial charge in [-0.25, -0.2) is 4.79 Å². The van der Waals surface area contributed by atoms with Gasteiger partial charge in [-0.15, -0.1) is 0 Å². The van der Waals surface area contributed by atoms with Crippen LogP contribution in [0.15, 0.2) is 83.4 Å². The molecule has 0 aliphatic heterocycles. The molecule has 0 saturated heterocycles. The molecule has 1 aromatic heterocycles. The van der Waals surface area contributed by atoms with Gasteiger partial charge in [0.25, 0.3) is 5.89 Å². The third kappa shape index (κ3) is 5.68. The molecule has 1 heterocycles. The van der Waals surface area contributed by atoms with Crippen molar-refractivity contribution in [1.82, 2.24) is 10.1 Å². The van der Waals surface area contributed by atoms with Crippen LogP contribution in [0.25, 0.3) is 11.4 Å². The van der Waals surface area contributed by atoms with E-state index in [1.807, 2.05) is 48.5 Å². The largest absolute Gasteiger partial charge is 0.496 e. The zero-order valence-electron chi connectivity index (χ0n) is 18.0. The Morgan fingerprint density at radius 2 is 1.55 bits per heavy atom. The van der Waals surface area contributed by atoms with Crippen molar-refractivity contribution in [3.8, 4) is 28.6 Å². The Kier molecular flexibility index (Phi) is 7.17. The first-order valence-corrected chi connectivity index (χ1v) is 10.3. The fourth-order valence-electron chi connectivity index (χ4n) is 3.05. The second-order valence-corrected chi connectivity index (χ2v) is 6.79. The zero-order chi connectivity index (χ0) is 22.9. The lowest BCUT2D eigenvalue weighted by molar-refractivity contribution is 0.0424. The lowest BCUT2D eigenvalue weighted by Crippen LogP contribution is -2.12. The average Bonchev–Trinajstić information content (AvgIpc) is 3.35. The second kappa shape index (κ2) is 10.8. The van der Waals surface area contributed by atoms with Crippen LogP contribution in [-0.4, -0.2) is 36.4 Å². The summed E-state index contributed by atoms with van der Waals surface area (Å²) in [5, 5.41) is 3.94. The third-order valence-electron chi connectivity index (χ3n) is 4.60. The van der Waals surface area contributed by atoms with Crippen molar-refractivity contribution in [3.05, 3.63) is 90.3 Å². The highest BCUT2D eigenvalue weighted by molar-refractivity contribution is 5.92. The number of hydrogen-bond acceptors (Lipinski definition) is 8. The van der Waals surface area contributed by atoms with Crippen LogP contribution in [0.3, 0.4) is 0 Å². The normalized spacial score (nSPS) is 10.5. The molecule has 8 heteroatoms. The van der Waals surface area contributed by atoms with Crippen molar-refractivity contribution in [2.45, 2.75) is 6.61 Å². The number of hydrogen-bond donors (Lipinski definition) is 0. The molecule has 0 atom stereocenters. The number of para-hydroxylation sites is 3. The summed E-state index contributed by atoms with van der Waals surface area (Å²) in [7, 11) is 1.56. The van der Waals surface area contributed by atoms with Crippen molar-refractivity contribution in [2.75, 3.05) is 20.3 Å². The Hall–Kier alpha value is -4.33. The lowest BCUT2D eigenvalue weighted by atomic mass is 10.2. The molecule has 0 radical (unpaired) electrons. The van der Waals surface area contributed by atoms with Gasteiger partial charge in [0.1, 0.15) is 36.0 Å². The van der Waals surface area contributed by atoms with E-state index in [1.54, 1.807) is 37.4 Å². The lowest BCUT2D eigenvalue weighted by Gasteiger charge is -2.11. The Morgan fingerprint density at radius 3 is 2.36 bits per heavy atom. The molecule has 8 nitrogen and oxygen atoms in total. The molecule has 0 bridgehead atoms. The summed E-state index contributed by atoms with van der Waals surface area (Å²) in [6, 6.07) is 23.6. The fraction of sp³-hybridized carbons (Fsp3) is 0.160. The quantitative estimate of drug-likeness (QED) is 0.259. The number of carbonyl (C=O) groups excluding carboxylic acids is 1. The number of ether oxygens (including phenoxy) is 4. The van der Waals surface area contributed by atoms with Gasteiger partial charge in [0.2, 0.25) is 5.82 Å². The van der Waals surface area contributed by atoms with E-state index in [4.69, 9.17) is 23.5 Å². The summed E-state index contributed by atoms with van der Waals surface area (Å²) in [5.41, 5.74) is 0.972. The highest BCUT2D eigenvalue weighted by Gasteiger charge is 2.17. The predicted molar refractivity (Wildman–Crippen MR) is 119 cm³/mol. The van der Waals surface area contributed by atoms with Crippen molar-refractivity contribution in [3.63, 3.8) is 0 Å². The van der Waals surface area contributed by atoms with Gasteiger partial charge in [-0.1, -0.05) is 47.6 Å². The molecular formula is C25H22N2O6. The maximum Gasteiger partial charge on any atom is 0.342 e. The van der Waals surface area contributed by atoms with Gasteiger partial charge in [0, 0.05) is 0 Å². The number of aromatic nitrogens is 2. The minimum atomic E-state index is -0.563. The Balaban J connectivity index is 1.33. The average molecular weight is 446 g/mol. The number of carbonyl (C=O) groups is 1. The summed E-state index contributed by atoms with van der Waals surface area (Å²) >= 11 is 0. The topological polar surface area (TPSA) is 92.9 Å². The summed E-state index contributed by atoms with van der Waals surface area (Å²) in [6.07, 6.45) is 0. The van der Waals surface area contributed by atoms with Crippen LogP contribution < -0.4 is 14.2 Å². The van der Waals surface area contributed by atoms with Gasteiger partial charge < -0.3 is 23.5 Å². The number of methoxy groups -OCH3 is 1. The molecule has 33 heavy (non-hydrogen) atoms. The van der Waals surface area contributed by atoms with Crippen LogP contribution in [-0.2, 0) is 11.3 Å². The van der Waals surface area contributed by atoms with Gasteiger partial charge >= 0.3 is 5.97 Å². The van der Waals surface area contributed by atoms with Crippen LogP contribution in [0, 0.1) is 0 Å². The molecule has 3 aromatic carbocycles. The van der Waals surface area contributed by atoms with Crippen LogP contribution in [0.4, 0.5) is 0 Å². The zero-order valence-corrected chi connectivity index (χ0v) is 18.0. The van der Waals surface area contributed by atoms with Crippen LogP contribution in [0.2, 0.25) is 0 Å². The number of esters is 1. The van der Waals surface area contributed by atoms with E-state index in [0.717, 1.165) is 5.75 Å². The van der Waals surface area contributed by atoms with Gasteiger partial charge in [0.15, 0.2) is 6.61 Å². The predicted octanol–water partition coefficient (Wildman–Crippen LogP) is 4.56. The van der Waals surface area contributed by atoms with Gasteiger partial charge in [-0.2, -0.15) is 4.98 Å². The molecule has 0 saturated carbocycles. The fourth-order valence-corrected chi connectivity index (χ4v) is 3.05. The van der Waals surface area contributed by atoms with Crippen molar-refractivity contribution >= 4 is 5.97 Å². The van der Waals surface area contributed by atoms with E-state index in [2.05, 4.69) is 10.1 Å². The molecule has 0 N–H and O–H groups in total. The first-order chi connectivity index (χ1) is 16.2. The van der Waals surface area contributed by atoms with E-state index in [-0.39, 0.29) is 19.1 Å². The van der Waals surface area contributed by atoms with Gasteiger partial charge in [-0.3, -0.25) is 0 Å². The van der Waals surface area contributed by atoms with E-state index in [0.29, 0.717) is 35.1 Å². The molecule has 0 fully saturated rings. The van der Waals surface area contributed by atoms with E-state index < -0.39 is 5.97 Å². The Morgan fingerprint density at radius 1 is 0.848 bits per heavy atom. The van der Waals surface area contributed by atoms with Crippen molar-refractivity contribution < 1.29 is 28.3 Å². The molecule has 0 amide bonds. The molecule has 0 aliphatic carbocycles. The summed E-state index contributed by atoms with van der Waals surface area (Å²) in [6.45, 7) is 0.429. The highest BCUT2D eigenvalue weighted by atomic mass is 16.6. The maximum absolute atomic E-state index is 12.6. The highest BCUT2D eigenvalue weighted by Crippen LogP contribution is 2.27. The Bertz CT molecular complexity index is 1190. The smallest absolute Gasteiger partial charge is 0.342 e.